The normalized spacial score (nSPS) is 23.8. The van der Waals surface area contributed by atoms with Crippen molar-refractivity contribution in [3.63, 3.8) is 0 Å². The standard InChI is InChI=1S/C16H24N2O2/c1-16(2,20-4)15(19)17-14-11-18(3)10-13(14)12-8-6-5-7-9-12/h5-9,13-14H,10-11H2,1-4H3,(H,17,19)/t13-,14+/m1/s1. The van der Waals surface area contributed by atoms with Gasteiger partial charge in [0.15, 0.2) is 0 Å². The van der Waals surface area contributed by atoms with Crippen LogP contribution in [-0.4, -0.2) is 49.7 Å². The highest BCUT2D eigenvalue weighted by molar-refractivity contribution is 5.84. The maximum Gasteiger partial charge on any atom is 0.251 e. The molecule has 1 heterocycles. The Kier molecular flexibility index (Phi) is 4.45. The number of carbonyl (C=O) groups is 1. The number of hydrogen-bond donors (Lipinski definition) is 1. The van der Waals surface area contributed by atoms with Crippen molar-refractivity contribution in [2.24, 2.45) is 0 Å². The van der Waals surface area contributed by atoms with E-state index in [9.17, 15) is 4.79 Å². The number of nitrogens with one attached hydrogen (secondary N) is 1. The van der Waals surface area contributed by atoms with Gasteiger partial charge in [0.25, 0.3) is 5.91 Å². The molecular weight excluding hydrogens is 252 g/mol. The van der Waals surface area contributed by atoms with Gasteiger partial charge < -0.3 is 15.0 Å². The molecule has 0 saturated carbocycles. The second-order valence-electron chi connectivity index (χ2n) is 6.03. The van der Waals surface area contributed by atoms with Gasteiger partial charge in [0.05, 0.1) is 0 Å². The molecule has 1 amide bonds. The first kappa shape index (κ1) is 15.0. The zero-order chi connectivity index (χ0) is 14.8. The van der Waals surface area contributed by atoms with Gasteiger partial charge in [-0.15, -0.1) is 0 Å². The lowest BCUT2D eigenvalue weighted by molar-refractivity contribution is -0.140. The van der Waals surface area contributed by atoms with Crippen molar-refractivity contribution >= 4 is 5.91 Å². The second kappa shape index (κ2) is 5.94. The first-order valence-corrected chi connectivity index (χ1v) is 7.03. The van der Waals surface area contributed by atoms with Crippen LogP contribution in [0, 0.1) is 0 Å². The van der Waals surface area contributed by atoms with Gasteiger partial charge in [-0.1, -0.05) is 30.3 Å². The maximum absolute atomic E-state index is 12.3. The minimum Gasteiger partial charge on any atom is -0.369 e. The summed E-state index contributed by atoms with van der Waals surface area (Å²) in [6.45, 7) is 5.41. The average Bonchev–Trinajstić information content (AvgIpc) is 2.80. The van der Waals surface area contributed by atoms with Crippen LogP contribution in [0.5, 0.6) is 0 Å². The molecule has 1 fully saturated rings. The number of carbonyl (C=O) groups excluding carboxylic acids is 1. The Balaban J connectivity index is 2.12. The van der Waals surface area contributed by atoms with Gasteiger partial charge in [-0.05, 0) is 26.5 Å². The molecule has 0 aliphatic carbocycles. The van der Waals surface area contributed by atoms with E-state index < -0.39 is 5.60 Å². The summed E-state index contributed by atoms with van der Waals surface area (Å²) in [5.74, 6) is 0.277. The predicted molar refractivity (Wildman–Crippen MR) is 79.7 cm³/mol. The molecule has 1 N–H and O–H groups in total. The smallest absolute Gasteiger partial charge is 0.251 e. The number of amides is 1. The van der Waals surface area contributed by atoms with Crippen molar-refractivity contribution in [3.05, 3.63) is 35.9 Å². The molecule has 0 bridgehead atoms. The van der Waals surface area contributed by atoms with E-state index >= 15 is 0 Å². The van der Waals surface area contributed by atoms with Crippen LogP contribution in [0.4, 0.5) is 0 Å². The van der Waals surface area contributed by atoms with Crippen LogP contribution in [0.3, 0.4) is 0 Å². The minimum absolute atomic E-state index is 0.0544. The summed E-state index contributed by atoms with van der Waals surface area (Å²) in [6, 6.07) is 10.5. The summed E-state index contributed by atoms with van der Waals surface area (Å²) >= 11 is 0. The van der Waals surface area contributed by atoms with E-state index in [-0.39, 0.29) is 11.9 Å². The first-order chi connectivity index (χ1) is 9.44. The molecule has 1 aromatic carbocycles. The number of methoxy groups -OCH3 is 1. The SMILES string of the molecule is COC(C)(C)C(=O)N[C@H]1CN(C)C[C@@H]1c1ccccc1. The topological polar surface area (TPSA) is 41.6 Å². The minimum atomic E-state index is -0.789. The van der Waals surface area contributed by atoms with Gasteiger partial charge in [0, 0.05) is 32.2 Å². The molecule has 2 atom stereocenters. The van der Waals surface area contributed by atoms with E-state index in [1.807, 2.05) is 18.2 Å². The van der Waals surface area contributed by atoms with Crippen molar-refractivity contribution < 1.29 is 9.53 Å². The van der Waals surface area contributed by atoms with Crippen molar-refractivity contribution in [2.75, 3.05) is 27.2 Å². The molecule has 1 aliphatic rings. The Morgan fingerprint density at radius 3 is 2.55 bits per heavy atom. The number of likely N-dealkylation sites (tertiary alicyclic amines) is 1. The summed E-state index contributed by atoms with van der Waals surface area (Å²) < 4.78 is 5.25. The molecule has 0 aromatic heterocycles. The zero-order valence-corrected chi connectivity index (χ0v) is 12.7. The monoisotopic (exact) mass is 276 g/mol. The maximum atomic E-state index is 12.3. The van der Waals surface area contributed by atoms with E-state index in [2.05, 4.69) is 29.4 Å². The average molecular weight is 276 g/mol. The number of ether oxygens (including phenoxy) is 1. The largest absolute Gasteiger partial charge is 0.369 e. The van der Waals surface area contributed by atoms with E-state index in [0.717, 1.165) is 13.1 Å². The van der Waals surface area contributed by atoms with Crippen molar-refractivity contribution in [1.82, 2.24) is 10.2 Å². The molecule has 20 heavy (non-hydrogen) atoms. The van der Waals surface area contributed by atoms with Crippen molar-refractivity contribution in [2.45, 2.75) is 31.4 Å². The first-order valence-electron chi connectivity index (χ1n) is 7.03. The highest BCUT2D eigenvalue weighted by atomic mass is 16.5. The summed E-state index contributed by atoms with van der Waals surface area (Å²) in [4.78, 5) is 14.5. The lowest BCUT2D eigenvalue weighted by Gasteiger charge is -2.27. The van der Waals surface area contributed by atoms with E-state index in [1.165, 1.54) is 5.56 Å². The molecule has 110 valence electrons. The Labute approximate surface area is 121 Å². The van der Waals surface area contributed by atoms with Gasteiger partial charge >= 0.3 is 0 Å². The van der Waals surface area contributed by atoms with Crippen LogP contribution in [0.15, 0.2) is 30.3 Å². The van der Waals surface area contributed by atoms with Crippen LogP contribution in [-0.2, 0) is 9.53 Å². The summed E-state index contributed by atoms with van der Waals surface area (Å²) in [5.41, 5.74) is 0.486. The lowest BCUT2D eigenvalue weighted by Crippen LogP contribution is -2.49. The third kappa shape index (κ3) is 3.19. The molecule has 4 nitrogen and oxygen atoms in total. The molecule has 0 radical (unpaired) electrons. The van der Waals surface area contributed by atoms with E-state index in [4.69, 9.17) is 4.74 Å². The molecule has 1 aromatic rings. The second-order valence-corrected chi connectivity index (χ2v) is 6.03. The van der Waals surface area contributed by atoms with Crippen LogP contribution in [0.25, 0.3) is 0 Å². The molecule has 1 aliphatic heterocycles. The third-order valence-corrected chi connectivity index (χ3v) is 4.10. The van der Waals surface area contributed by atoms with Crippen molar-refractivity contribution in [3.8, 4) is 0 Å². The lowest BCUT2D eigenvalue weighted by atomic mass is 9.93. The van der Waals surface area contributed by atoms with Gasteiger partial charge in [0.1, 0.15) is 5.60 Å². The quantitative estimate of drug-likeness (QED) is 0.908. The molecule has 4 heteroatoms. The number of rotatable bonds is 4. The highest BCUT2D eigenvalue weighted by Crippen LogP contribution is 2.27. The molecule has 2 rings (SSSR count). The number of hydrogen-bond acceptors (Lipinski definition) is 3. The van der Waals surface area contributed by atoms with Crippen LogP contribution >= 0.6 is 0 Å². The third-order valence-electron chi connectivity index (χ3n) is 4.10. The van der Waals surface area contributed by atoms with Gasteiger partial charge in [-0.25, -0.2) is 0 Å². The summed E-state index contributed by atoms with van der Waals surface area (Å²) in [5, 5.41) is 3.14. The van der Waals surface area contributed by atoms with Gasteiger partial charge in [-0.3, -0.25) is 4.79 Å². The van der Waals surface area contributed by atoms with Gasteiger partial charge in [-0.2, -0.15) is 0 Å². The van der Waals surface area contributed by atoms with E-state index in [1.54, 1.807) is 21.0 Å². The van der Waals surface area contributed by atoms with Crippen LogP contribution in [0.1, 0.15) is 25.3 Å². The number of likely N-dealkylation sites (N-methyl/N-ethyl adjacent to an activating group) is 1. The molecule has 0 unspecified atom stereocenters. The Hall–Kier alpha value is -1.39. The fourth-order valence-corrected chi connectivity index (χ4v) is 2.62. The Morgan fingerprint density at radius 1 is 1.30 bits per heavy atom. The van der Waals surface area contributed by atoms with Crippen LogP contribution in [0.2, 0.25) is 0 Å². The fraction of sp³-hybridized carbons (Fsp3) is 0.562. The summed E-state index contributed by atoms with van der Waals surface area (Å²) in [7, 11) is 3.65. The number of nitrogens with zero attached hydrogens (tertiary/aromatic N) is 1. The molecular formula is C16H24N2O2. The Bertz CT molecular complexity index is 459. The van der Waals surface area contributed by atoms with Crippen LogP contribution < -0.4 is 5.32 Å². The zero-order valence-electron chi connectivity index (χ0n) is 12.7. The van der Waals surface area contributed by atoms with Gasteiger partial charge in [0.2, 0.25) is 0 Å². The predicted octanol–water partition coefficient (Wildman–Crippen LogP) is 1.63. The fourth-order valence-electron chi connectivity index (χ4n) is 2.62. The Morgan fingerprint density at radius 2 is 1.95 bits per heavy atom. The molecule has 1 saturated heterocycles. The highest BCUT2D eigenvalue weighted by Gasteiger charge is 2.36. The summed E-state index contributed by atoms with van der Waals surface area (Å²) in [6.07, 6.45) is 0. The van der Waals surface area contributed by atoms with E-state index in [0.29, 0.717) is 5.92 Å². The van der Waals surface area contributed by atoms with Crippen molar-refractivity contribution in [1.29, 1.82) is 0 Å². The number of benzene rings is 1. The molecule has 0 spiro atoms.